The van der Waals surface area contributed by atoms with Gasteiger partial charge in [-0.1, -0.05) is 30.3 Å². The van der Waals surface area contributed by atoms with Gasteiger partial charge in [0.2, 0.25) is 5.79 Å². The maximum Gasteiger partial charge on any atom is 0.201 e. The SMILES string of the molecule is C[C@]12CC[C@@]3(OCCO[C@H]3[C@@H](c3ccccc3)O1)O2. The lowest BCUT2D eigenvalue weighted by Crippen LogP contribution is -2.59. The minimum absolute atomic E-state index is 0.122. The number of fused-ring (bicyclic) bond motifs is 1. The van der Waals surface area contributed by atoms with Gasteiger partial charge in [0.1, 0.15) is 12.2 Å². The summed E-state index contributed by atoms with van der Waals surface area (Å²) in [5.74, 6) is -1.18. The molecule has 0 aliphatic carbocycles. The molecule has 4 nitrogen and oxygen atoms in total. The van der Waals surface area contributed by atoms with Crippen LogP contribution < -0.4 is 0 Å². The normalized spacial score (nSPS) is 44.9. The Hall–Kier alpha value is -0.940. The Labute approximate surface area is 112 Å². The zero-order chi connectivity index (χ0) is 12.9. The molecule has 3 heterocycles. The summed E-state index contributed by atoms with van der Waals surface area (Å²) in [5, 5.41) is 0. The van der Waals surface area contributed by atoms with Gasteiger partial charge in [0.15, 0.2) is 5.79 Å². The van der Waals surface area contributed by atoms with Crippen LogP contribution in [0.4, 0.5) is 0 Å². The van der Waals surface area contributed by atoms with Crippen molar-refractivity contribution in [2.45, 2.75) is 43.5 Å². The summed E-state index contributed by atoms with van der Waals surface area (Å²) in [7, 11) is 0. The van der Waals surface area contributed by atoms with Crippen LogP contribution in [-0.2, 0) is 18.9 Å². The van der Waals surface area contributed by atoms with E-state index < -0.39 is 11.6 Å². The molecule has 3 aliphatic rings. The second kappa shape index (κ2) is 4.03. The van der Waals surface area contributed by atoms with Crippen molar-refractivity contribution >= 4 is 0 Å². The monoisotopic (exact) mass is 262 g/mol. The van der Waals surface area contributed by atoms with E-state index >= 15 is 0 Å². The van der Waals surface area contributed by atoms with Crippen LogP contribution >= 0.6 is 0 Å². The molecule has 0 amide bonds. The van der Waals surface area contributed by atoms with Crippen LogP contribution in [0, 0.1) is 0 Å². The summed E-state index contributed by atoms with van der Waals surface area (Å²) in [6.45, 7) is 3.18. The van der Waals surface area contributed by atoms with Gasteiger partial charge in [0, 0.05) is 12.8 Å². The van der Waals surface area contributed by atoms with Crippen LogP contribution in [0.5, 0.6) is 0 Å². The average Bonchev–Trinajstić information content (AvgIpc) is 2.70. The molecule has 4 rings (SSSR count). The first kappa shape index (κ1) is 11.9. The molecule has 1 aromatic rings. The van der Waals surface area contributed by atoms with E-state index in [0.717, 1.165) is 18.4 Å². The molecule has 3 saturated heterocycles. The first-order valence-corrected chi connectivity index (χ1v) is 6.89. The molecule has 4 atom stereocenters. The Balaban J connectivity index is 1.75. The van der Waals surface area contributed by atoms with Gasteiger partial charge < -0.3 is 18.9 Å². The first-order chi connectivity index (χ1) is 9.21. The van der Waals surface area contributed by atoms with E-state index in [9.17, 15) is 0 Å². The summed E-state index contributed by atoms with van der Waals surface area (Å²) in [5.41, 5.74) is 1.12. The predicted molar refractivity (Wildman–Crippen MR) is 67.4 cm³/mol. The number of hydrogen-bond donors (Lipinski definition) is 0. The highest BCUT2D eigenvalue weighted by atomic mass is 16.8. The summed E-state index contributed by atoms with van der Waals surface area (Å²) in [6, 6.07) is 10.2. The van der Waals surface area contributed by atoms with Gasteiger partial charge in [-0.2, -0.15) is 0 Å². The highest BCUT2D eigenvalue weighted by Crippen LogP contribution is 2.53. The van der Waals surface area contributed by atoms with Crippen LogP contribution in [0.15, 0.2) is 30.3 Å². The standard InChI is InChI=1S/C15H18O4/c1-14-7-8-15(19-14)13(16-9-10-17-15)12(18-14)11-5-3-2-4-6-11/h2-6,12-13H,7-10H2,1H3/t12-,13+,14+,15-/m1/s1. The van der Waals surface area contributed by atoms with E-state index in [2.05, 4.69) is 12.1 Å². The van der Waals surface area contributed by atoms with Crippen molar-refractivity contribution in [3.8, 4) is 0 Å². The molecule has 3 fully saturated rings. The third-order valence-electron chi connectivity index (χ3n) is 4.26. The molecule has 102 valence electrons. The Morgan fingerprint density at radius 2 is 1.95 bits per heavy atom. The Morgan fingerprint density at radius 3 is 2.79 bits per heavy atom. The molecule has 19 heavy (non-hydrogen) atoms. The third kappa shape index (κ3) is 1.75. The van der Waals surface area contributed by atoms with Crippen molar-refractivity contribution in [2.75, 3.05) is 13.2 Å². The lowest BCUT2D eigenvalue weighted by atomic mass is 9.95. The maximum absolute atomic E-state index is 6.19. The van der Waals surface area contributed by atoms with E-state index in [0.29, 0.717) is 13.2 Å². The Morgan fingerprint density at radius 1 is 1.11 bits per heavy atom. The van der Waals surface area contributed by atoms with Crippen LogP contribution in [0.2, 0.25) is 0 Å². The fraction of sp³-hybridized carbons (Fsp3) is 0.600. The van der Waals surface area contributed by atoms with Crippen LogP contribution in [0.1, 0.15) is 31.4 Å². The minimum Gasteiger partial charge on any atom is -0.367 e. The van der Waals surface area contributed by atoms with Crippen LogP contribution in [0.3, 0.4) is 0 Å². The number of rotatable bonds is 1. The van der Waals surface area contributed by atoms with Crippen molar-refractivity contribution in [2.24, 2.45) is 0 Å². The topological polar surface area (TPSA) is 36.9 Å². The van der Waals surface area contributed by atoms with Gasteiger partial charge in [0.25, 0.3) is 0 Å². The van der Waals surface area contributed by atoms with Gasteiger partial charge in [-0.3, -0.25) is 0 Å². The van der Waals surface area contributed by atoms with Gasteiger partial charge >= 0.3 is 0 Å². The molecule has 0 unspecified atom stereocenters. The number of ether oxygens (including phenoxy) is 4. The molecule has 1 spiro atoms. The van der Waals surface area contributed by atoms with Gasteiger partial charge in [-0.05, 0) is 12.5 Å². The highest BCUT2D eigenvalue weighted by Gasteiger charge is 2.63. The van der Waals surface area contributed by atoms with Gasteiger partial charge in [0.05, 0.1) is 13.2 Å². The fourth-order valence-corrected chi connectivity index (χ4v) is 3.39. The molecule has 4 heteroatoms. The minimum atomic E-state index is -0.619. The molecule has 0 saturated carbocycles. The molecular formula is C15H18O4. The zero-order valence-corrected chi connectivity index (χ0v) is 11.0. The average molecular weight is 262 g/mol. The second-order valence-electron chi connectivity index (χ2n) is 5.64. The van der Waals surface area contributed by atoms with Crippen molar-refractivity contribution < 1.29 is 18.9 Å². The van der Waals surface area contributed by atoms with Crippen molar-refractivity contribution in [1.82, 2.24) is 0 Å². The van der Waals surface area contributed by atoms with Crippen LogP contribution in [-0.4, -0.2) is 30.9 Å². The molecule has 2 bridgehead atoms. The quantitative estimate of drug-likeness (QED) is 0.778. The fourth-order valence-electron chi connectivity index (χ4n) is 3.39. The van der Waals surface area contributed by atoms with Crippen molar-refractivity contribution in [3.05, 3.63) is 35.9 Å². The lowest BCUT2D eigenvalue weighted by molar-refractivity contribution is -0.429. The Kier molecular flexibility index (Phi) is 2.51. The first-order valence-electron chi connectivity index (χ1n) is 6.89. The van der Waals surface area contributed by atoms with Crippen LogP contribution in [0.25, 0.3) is 0 Å². The number of benzene rings is 1. The van der Waals surface area contributed by atoms with E-state index in [1.165, 1.54) is 0 Å². The van der Waals surface area contributed by atoms with E-state index in [1.807, 2.05) is 25.1 Å². The summed E-state index contributed by atoms with van der Waals surface area (Å²) in [6.07, 6.45) is 1.37. The summed E-state index contributed by atoms with van der Waals surface area (Å²) < 4.78 is 24.1. The molecule has 3 aliphatic heterocycles. The molecular weight excluding hydrogens is 244 g/mol. The highest BCUT2D eigenvalue weighted by molar-refractivity contribution is 5.21. The molecule has 0 radical (unpaired) electrons. The van der Waals surface area contributed by atoms with Crippen molar-refractivity contribution in [3.63, 3.8) is 0 Å². The smallest absolute Gasteiger partial charge is 0.201 e. The Bertz CT molecular complexity index is 476. The van der Waals surface area contributed by atoms with Gasteiger partial charge in [-0.25, -0.2) is 0 Å². The van der Waals surface area contributed by atoms with E-state index in [1.54, 1.807) is 0 Å². The summed E-state index contributed by atoms with van der Waals surface area (Å²) >= 11 is 0. The van der Waals surface area contributed by atoms with E-state index in [-0.39, 0.29) is 12.2 Å². The second-order valence-corrected chi connectivity index (χ2v) is 5.64. The maximum atomic E-state index is 6.19. The third-order valence-corrected chi connectivity index (χ3v) is 4.26. The predicted octanol–water partition coefficient (Wildman–Crippen LogP) is 2.40. The lowest BCUT2D eigenvalue weighted by Gasteiger charge is -2.49. The number of hydrogen-bond acceptors (Lipinski definition) is 4. The van der Waals surface area contributed by atoms with Crippen molar-refractivity contribution in [1.29, 1.82) is 0 Å². The largest absolute Gasteiger partial charge is 0.367 e. The van der Waals surface area contributed by atoms with E-state index in [4.69, 9.17) is 18.9 Å². The molecule has 1 aromatic carbocycles. The molecule has 0 N–H and O–H groups in total. The van der Waals surface area contributed by atoms with Gasteiger partial charge in [-0.15, -0.1) is 0 Å². The summed E-state index contributed by atoms with van der Waals surface area (Å²) in [4.78, 5) is 0. The zero-order valence-electron chi connectivity index (χ0n) is 11.0. The molecule has 0 aromatic heterocycles.